The van der Waals surface area contributed by atoms with Crippen molar-refractivity contribution in [3.63, 3.8) is 0 Å². The molecule has 0 spiro atoms. The number of halogens is 1. The minimum absolute atomic E-state index is 0.106. The molecular weight excluding hydrogens is 385 g/mol. The first-order valence-electron chi connectivity index (χ1n) is 9.03. The van der Waals surface area contributed by atoms with E-state index >= 15 is 0 Å². The number of nitrogens with zero attached hydrogens (tertiary/aromatic N) is 3. The van der Waals surface area contributed by atoms with Gasteiger partial charge in [-0.05, 0) is 44.5 Å². The summed E-state index contributed by atoms with van der Waals surface area (Å²) in [4.78, 5) is 13.9. The van der Waals surface area contributed by atoms with Gasteiger partial charge in [-0.15, -0.1) is 0 Å². The van der Waals surface area contributed by atoms with Gasteiger partial charge >= 0.3 is 0 Å². The Morgan fingerprint density at radius 3 is 2.61 bits per heavy atom. The number of hydrogen-bond acceptors (Lipinski definition) is 5. The maximum Gasteiger partial charge on any atom is 0.260 e. The Morgan fingerprint density at radius 1 is 1.32 bits per heavy atom. The summed E-state index contributed by atoms with van der Waals surface area (Å²) in [6.07, 6.45) is 0.560. The van der Waals surface area contributed by atoms with Crippen LogP contribution in [0.25, 0.3) is 0 Å². The number of likely N-dealkylation sites (N-methyl/N-ethyl adjacent to an activating group) is 1. The second-order valence-corrected chi connectivity index (χ2v) is 9.37. The summed E-state index contributed by atoms with van der Waals surface area (Å²) in [5.74, 6) is 0.123. The molecular formula is C19H24FN3O4S. The zero-order valence-corrected chi connectivity index (χ0v) is 17.0. The van der Waals surface area contributed by atoms with E-state index in [2.05, 4.69) is 5.10 Å². The highest BCUT2D eigenvalue weighted by atomic mass is 32.2. The minimum Gasteiger partial charge on any atom is -0.484 e. The van der Waals surface area contributed by atoms with E-state index in [1.54, 1.807) is 11.7 Å². The highest BCUT2D eigenvalue weighted by Crippen LogP contribution is 2.27. The van der Waals surface area contributed by atoms with Crippen LogP contribution in [0.3, 0.4) is 0 Å². The molecule has 2 heterocycles. The van der Waals surface area contributed by atoms with Gasteiger partial charge in [-0.2, -0.15) is 5.10 Å². The van der Waals surface area contributed by atoms with Crippen LogP contribution in [0.2, 0.25) is 0 Å². The van der Waals surface area contributed by atoms with Crippen LogP contribution in [0.4, 0.5) is 4.39 Å². The van der Waals surface area contributed by atoms with E-state index in [9.17, 15) is 17.6 Å². The molecule has 2 aromatic rings. The van der Waals surface area contributed by atoms with E-state index in [4.69, 9.17) is 4.74 Å². The lowest BCUT2D eigenvalue weighted by molar-refractivity contribution is -0.132. The summed E-state index contributed by atoms with van der Waals surface area (Å²) < 4.78 is 43.6. The smallest absolute Gasteiger partial charge is 0.260 e. The Balaban J connectivity index is 1.64. The number of aromatic nitrogens is 2. The second kappa shape index (κ2) is 7.90. The molecule has 0 saturated carbocycles. The van der Waals surface area contributed by atoms with E-state index in [-0.39, 0.29) is 35.9 Å². The minimum atomic E-state index is -3.00. The summed E-state index contributed by atoms with van der Waals surface area (Å²) in [7, 11) is -1.33. The van der Waals surface area contributed by atoms with Gasteiger partial charge in [0, 0.05) is 24.8 Å². The fourth-order valence-corrected chi connectivity index (χ4v) is 5.05. The third kappa shape index (κ3) is 4.52. The predicted molar refractivity (Wildman–Crippen MR) is 102 cm³/mol. The lowest BCUT2D eigenvalue weighted by atomic mass is 10.1. The number of carbonyl (C=O) groups is 1. The van der Waals surface area contributed by atoms with Crippen molar-refractivity contribution in [1.82, 2.24) is 14.7 Å². The van der Waals surface area contributed by atoms with Crippen molar-refractivity contribution in [2.75, 3.05) is 25.2 Å². The average molecular weight is 409 g/mol. The first-order valence-corrected chi connectivity index (χ1v) is 10.9. The maximum absolute atomic E-state index is 12.9. The molecule has 0 bridgehead atoms. The average Bonchev–Trinajstić information content (AvgIpc) is 3.14. The standard InChI is InChI=1S/C19H24FN3O4S/c1-13-18(14(2)23(21-13)16-8-9-28(25,26)12-16)10-22(3)19(24)11-27-17-6-4-15(20)5-7-17/h4-7,16H,8-12H2,1-3H3/t16-/m0/s1. The van der Waals surface area contributed by atoms with Gasteiger partial charge in [0.1, 0.15) is 11.6 Å². The van der Waals surface area contributed by atoms with Crippen LogP contribution in [-0.2, 0) is 21.2 Å². The molecule has 1 aromatic heterocycles. The van der Waals surface area contributed by atoms with Crippen LogP contribution in [0.15, 0.2) is 24.3 Å². The topological polar surface area (TPSA) is 81.5 Å². The van der Waals surface area contributed by atoms with E-state index in [1.807, 2.05) is 13.8 Å². The predicted octanol–water partition coefficient (Wildman–Crippen LogP) is 2.04. The van der Waals surface area contributed by atoms with Gasteiger partial charge in [-0.3, -0.25) is 9.48 Å². The van der Waals surface area contributed by atoms with Crippen molar-refractivity contribution >= 4 is 15.7 Å². The summed E-state index contributed by atoms with van der Waals surface area (Å²) >= 11 is 0. The zero-order valence-electron chi connectivity index (χ0n) is 16.2. The van der Waals surface area contributed by atoms with Crippen LogP contribution >= 0.6 is 0 Å². The largest absolute Gasteiger partial charge is 0.484 e. The van der Waals surface area contributed by atoms with E-state index in [1.165, 1.54) is 29.2 Å². The Labute approximate surface area is 164 Å². The van der Waals surface area contributed by atoms with Crippen molar-refractivity contribution in [2.24, 2.45) is 0 Å². The highest BCUT2D eigenvalue weighted by molar-refractivity contribution is 7.91. The molecule has 152 valence electrons. The van der Waals surface area contributed by atoms with E-state index < -0.39 is 9.84 Å². The summed E-state index contributed by atoms with van der Waals surface area (Å²) in [6, 6.07) is 5.33. The summed E-state index contributed by atoms with van der Waals surface area (Å²) in [5, 5.41) is 4.52. The number of rotatable bonds is 6. The van der Waals surface area contributed by atoms with Gasteiger partial charge in [0.25, 0.3) is 5.91 Å². The van der Waals surface area contributed by atoms with Crippen LogP contribution in [0.1, 0.15) is 29.4 Å². The summed E-state index contributed by atoms with van der Waals surface area (Å²) in [5.41, 5.74) is 2.56. The molecule has 1 amide bonds. The third-order valence-corrected chi connectivity index (χ3v) is 6.78. The monoisotopic (exact) mass is 409 g/mol. The number of amides is 1. The Hall–Kier alpha value is -2.42. The van der Waals surface area contributed by atoms with Gasteiger partial charge in [0.2, 0.25) is 0 Å². The molecule has 3 rings (SSSR count). The Bertz CT molecular complexity index is 970. The molecule has 0 radical (unpaired) electrons. The fourth-order valence-electron chi connectivity index (χ4n) is 3.36. The van der Waals surface area contributed by atoms with Crippen LogP contribution < -0.4 is 4.74 Å². The van der Waals surface area contributed by atoms with E-state index in [0.717, 1.165) is 17.0 Å². The van der Waals surface area contributed by atoms with Crippen molar-refractivity contribution in [1.29, 1.82) is 0 Å². The molecule has 1 atom stereocenters. The molecule has 1 aliphatic rings. The normalized spacial score (nSPS) is 18.2. The van der Waals surface area contributed by atoms with Crippen molar-refractivity contribution < 1.29 is 22.3 Å². The quantitative estimate of drug-likeness (QED) is 0.729. The van der Waals surface area contributed by atoms with Crippen LogP contribution in [-0.4, -0.2) is 54.2 Å². The Kier molecular flexibility index (Phi) is 5.74. The molecule has 1 fully saturated rings. The highest BCUT2D eigenvalue weighted by Gasteiger charge is 2.31. The van der Waals surface area contributed by atoms with Gasteiger partial charge in [-0.25, -0.2) is 12.8 Å². The van der Waals surface area contributed by atoms with Gasteiger partial charge in [0.05, 0.1) is 23.2 Å². The lowest BCUT2D eigenvalue weighted by Gasteiger charge is -2.18. The molecule has 0 aliphatic carbocycles. The van der Waals surface area contributed by atoms with E-state index in [0.29, 0.717) is 18.7 Å². The summed E-state index contributed by atoms with van der Waals surface area (Å²) in [6.45, 7) is 3.95. The zero-order chi connectivity index (χ0) is 20.5. The maximum atomic E-state index is 12.9. The molecule has 1 aromatic carbocycles. The van der Waals surface area contributed by atoms with Crippen molar-refractivity contribution in [2.45, 2.75) is 32.9 Å². The van der Waals surface area contributed by atoms with Gasteiger partial charge < -0.3 is 9.64 Å². The molecule has 1 aliphatic heterocycles. The number of benzene rings is 1. The second-order valence-electron chi connectivity index (χ2n) is 7.14. The fraction of sp³-hybridized carbons (Fsp3) is 0.474. The first-order chi connectivity index (χ1) is 13.2. The van der Waals surface area contributed by atoms with Gasteiger partial charge in [0.15, 0.2) is 16.4 Å². The lowest BCUT2D eigenvalue weighted by Crippen LogP contribution is -2.31. The van der Waals surface area contributed by atoms with Crippen LogP contribution in [0.5, 0.6) is 5.75 Å². The molecule has 1 saturated heterocycles. The molecule has 0 unspecified atom stereocenters. The molecule has 0 N–H and O–H groups in total. The number of carbonyl (C=O) groups excluding carboxylic acids is 1. The SMILES string of the molecule is Cc1nn([C@H]2CCS(=O)(=O)C2)c(C)c1CN(C)C(=O)COc1ccc(F)cc1. The van der Waals surface area contributed by atoms with Crippen molar-refractivity contribution in [3.05, 3.63) is 47.0 Å². The number of ether oxygens (including phenoxy) is 1. The Morgan fingerprint density at radius 2 is 2.00 bits per heavy atom. The van der Waals surface area contributed by atoms with Crippen molar-refractivity contribution in [3.8, 4) is 5.75 Å². The number of aryl methyl sites for hydroxylation is 1. The molecule has 7 nitrogen and oxygen atoms in total. The van der Waals surface area contributed by atoms with Crippen LogP contribution in [0, 0.1) is 19.7 Å². The molecule has 9 heteroatoms. The molecule has 28 heavy (non-hydrogen) atoms. The number of hydrogen-bond donors (Lipinski definition) is 0. The first kappa shape index (κ1) is 20.3. The number of sulfone groups is 1. The third-order valence-electron chi connectivity index (χ3n) is 5.03. The van der Waals surface area contributed by atoms with Gasteiger partial charge in [-0.1, -0.05) is 0 Å².